The predicted octanol–water partition coefficient (Wildman–Crippen LogP) is 3.24. The molecule has 2 aromatic rings. The van der Waals surface area contributed by atoms with Gasteiger partial charge >= 0.3 is 0 Å². The minimum Gasteiger partial charge on any atom is -0.454 e. The molecule has 112 valence electrons. The van der Waals surface area contributed by atoms with Crippen molar-refractivity contribution in [2.75, 3.05) is 18.7 Å². The van der Waals surface area contributed by atoms with Crippen molar-refractivity contribution in [3.05, 3.63) is 40.8 Å². The standard InChI is InChI=1S/C14H14ClN3O2.ClH/c1-9-13(15)14(18-7-17-9)16-5-4-10-2-3-11-12(6-10)20-8-19-11;/h2-3,6-7H,4-5,8H2,1H3,(H,16,17,18);1H. The molecule has 0 saturated carbocycles. The topological polar surface area (TPSA) is 56.3 Å². The fraction of sp³-hybridized carbons (Fsp3) is 0.286. The third-order valence-electron chi connectivity index (χ3n) is 3.11. The van der Waals surface area contributed by atoms with Crippen LogP contribution in [0.1, 0.15) is 11.3 Å². The van der Waals surface area contributed by atoms with Crippen LogP contribution in [0.4, 0.5) is 5.82 Å². The Bertz CT molecular complexity index is 638. The lowest BCUT2D eigenvalue weighted by atomic mass is 10.1. The van der Waals surface area contributed by atoms with Crippen molar-refractivity contribution in [2.24, 2.45) is 0 Å². The van der Waals surface area contributed by atoms with Gasteiger partial charge in [-0.1, -0.05) is 17.7 Å². The Morgan fingerprint density at radius 1 is 1.24 bits per heavy atom. The van der Waals surface area contributed by atoms with Crippen LogP contribution in [0.15, 0.2) is 24.5 Å². The number of hydrogen-bond donors (Lipinski definition) is 1. The summed E-state index contributed by atoms with van der Waals surface area (Å²) >= 11 is 6.13. The molecule has 0 atom stereocenters. The number of aromatic nitrogens is 2. The molecule has 7 heteroatoms. The smallest absolute Gasteiger partial charge is 0.231 e. The number of halogens is 2. The summed E-state index contributed by atoms with van der Waals surface area (Å²) in [5.74, 6) is 2.27. The molecule has 1 N–H and O–H groups in total. The van der Waals surface area contributed by atoms with Crippen molar-refractivity contribution >= 4 is 29.8 Å². The van der Waals surface area contributed by atoms with Gasteiger partial charge in [0.1, 0.15) is 17.2 Å². The molecular weight excluding hydrogens is 313 g/mol. The van der Waals surface area contributed by atoms with E-state index in [9.17, 15) is 0 Å². The van der Waals surface area contributed by atoms with Gasteiger partial charge in [0, 0.05) is 6.54 Å². The van der Waals surface area contributed by atoms with Crippen LogP contribution in [0.5, 0.6) is 11.5 Å². The van der Waals surface area contributed by atoms with Crippen molar-refractivity contribution in [1.29, 1.82) is 0 Å². The van der Waals surface area contributed by atoms with E-state index in [1.807, 2.05) is 25.1 Å². The van der Waals surface area contributed by atoms with E-state index in [2.05, 4.69) is 15.3 Å². The van der Waals surface area contributed by atoms with Crippen LogP contribution in [0.3, 0.4) is 0 Å². The van der Waals surface area contributed by atoms with Crippen LogP contribution in [0.2, 0.25) is 5.02 Å². The van der Waals surface area contributed by atoms with Crippen LogP contribution in [-0.2, 0) is 6.42 Å². The Kier molecular flexibility index (Phi) is 5.09. The fourth-order valence-corrected chi connectivity index (χ4v) is 2.17. The average Bonchev–Trinajstić information content (AvgIpc) is 2.91. The highest BCUT2D eigenvalue weighted by atomic mass is 35.5. The van der Waals surface area contributed by atoms with E-state index in [-0.39, 0.29) is 12.4 Å². The zero-order chi connectivity index (χ0) is 13.9. The van der Waals surface area contributed by atoms with Gasteiger partial charge in [-0.2, -0.15) is 0 Å². The largest absolute Gasteiger partial charge is 0.454 e. The lowest BCUT2D eigenvalue weighted by Gasteiger charge is -2.08. The van der Waals surface area contributed by atoms with Gasteiger partial charge in [-0.3, -0.25) is 0 Å². The highest BCUT2D eigenvalue weighted by Crippen LogP contribution is 2.32. The summed E-state index contributed by atoms with van der Waals surface area (Å²) in [7, 11) is 0. The second kappa shape index (κ2) is 6.83. The van der Waals surface area contributed by atoms with Crippen molar-refractivity contribution in [3.8, 4) is 11.5 Å². The van der Waals surface area contributed by atoms with E-state index in [1.165, 1.54) is 11.9 Å². The van der Waals surface area contributed by atoms with Gasteiger partial charge in [-0.25, -0.2) is 9.97 Å². The molecule has 5 nitrogen and oxygen atoms in total. The van der Waals surface area contributed by atoms with Gasteiger partial charge in [-0.15, -0.1) is 12.4 Å². The van der Waals surface area contributed by atoms with E-state index in [0.717, 1.165) is 30.2 Å². The first-order valence-corrected chi connectivity index (χ1v) is 6.71. The Balaban J connectivity index is 0.00000161. The van der Waals surface area contributed by atoms with Gasteiger partial charge < -0.3 is 14.8 Å². The first-order valence-electron chi connectivity index (χ1n) is 6.33. The van der Waals surface area contributed by atoms with Gasteiger partial charge in [0.2, 0.25) is 6.79 Å². The van der Waals surface area contributed by atoms with Gasteiger partial charge in [-0.05, 0) is 31.0 Å². The summed E-state index contributed by atoms with van der Waals surface area (Å²) in [6.45, 7) is 2.88. The van der Waals surface area contributed by atoms with Crippen molar-refractivity contribution < 1.29 is 9.47 Å². The number of nitrogens with zero attached hydrogens (tertiary/aromatic N) is 2. The second-order valence-corrected chi connectivity index (χ2v) is 4.86. The summed E-state index contributed by atoms with van der Waals surface area (Å²) in [5.41, 5.74) is 1.94. The third-order valence-corrected chi connectivity index (χ3v) is 3.56. The molecule has 0 aliphatic carbocycles. The number of aryl methyl sites for hydroxylation is 1. The number of nitrogens with one attached hydrogen (secondary N) is 1. The van der Waals surface area contributed by atoms with Gasteiger partial charge in [0.25, 0.3) is 0 Å². The molecule has 2 heterocycles. The third kappa shape index (κ3) is 3.49. The van der Waals surface area contributed by atoms with Gasteiger partial charge in [0.05, 0.1) is 5.69 Å². The minimum absolute atomic E-state index is 0. The molecule has 0 fully saturated rings. The summed E-state index contributed by atoms with van der Waals surface area (Å²) in [5, 5.41) is 3.78. The van der Waals surface area contributed by atoms with Crippen molar-refractivity contribution in [1.82, 2.24) is 9.97 Å². The molecule has 0 spiro atoms. The van der Waals surface area contributed by atoms with E-state index < -0.39 is 0 Å². The summed E-state index contributed by atoms with van der Waals surface area (Å²) < 4.78 is 10.6. The van der Waals surface area contributed by atoms with Crippen LogP contribution < -0.4 is 14.8 Å². The molecule has 21 heavy (non-hydrogen) atoms. The Labute approximate surface area is 134 Å². The Morgan fingerprint density at radius 2 is 2.05 bits per heavy atom. The highest BCUT2D eigenvalue weighted by Gasteiger charge is 2.13. The van der Waals surface area contributed by atoms with E-state index >= 15 is 0 Å². The van der Waals surface area contributed by atoms with Crippen LogP contribution in [0.25, 0.3) is 0 Å². The normalized spacial score (nSPS) is 11.9. The number of ether oxygens (including phenoxy) is 2. The Hall–Kier alpha value is -1.72. The zero-order valence-electron chi connectivity index (χ0n) is 11.4. The molecule has 0 radical (unpaired) electrons. The number of anilines is 1. The molecule has 0 saturated heterocycles. The lowest BCUT2D eigenvalue weighted by molar-refractivity contribution is 0.174. The first kappa shape index (κ1) is 15.7. The average molecular weight is 328 g/mol. The molecule has 3 rings (SSSR count). The monoisotopic (exact) mass is 327 g/mol. The lowest BCUT2D eigenvalue weighted by Crippen LogP contribution is -2.07. The maximum Gasteiger partial charge on any atom is 0.231 e. The number of benzene rings is 1. The van der Waals surface area contributed by atoms with Crippen LogP contribution in [-0.4, -0.2) is 23.3 Å². The number of rotatable bonds is 4. The molecule has 0 amide bonds. The summed E-state index contributed by atoms with van der Waals surface area (Å²) in [6, 6.07) is 5.96. The Morgan fingerprint density at radius 3 is 2.90 bits per heavy atom. The quantitative estimate of drug-likeness (QED) is 0.934. The number of hydrogen-bond acceptors (Lipinski definition) is 5. The van der Waals surface area contributed by atoms with E-state index in [4.69, 9.17) is 21.1 Å². The molecule has 1 aromatic heterocycles. The first-order chi connectivity index (χ1) is 9.74. The van der Waals surface area contributed by atoms with Crippen LogP contribution in [0, 0.1) is 6.92 Å². The summed E-state index contributed by atoms with van der Waals surface area (Å²) in [4.78, 5) is 8.16. The highest BCUT2D eigenvalue weighted by molar-refractivity contribution is 6.33. The zero-order valence-corrected chi connectivity index (χ0v) is 13.0. The van der Waals surface area contributed by atoms with E-state index in [1.54, 1.807) is 0 Å². The maximum absolute atomic E-state index is 6.13. The van der Waals surface area contributed by atoms with Gasteiger partial charge in [0.15, 0.2) is 11.5 Å². The SMILES string of the molecule is Cc1ncnc(NCCc2ccc3c(c2)OCO3)c1Cl.Cl. The predicted molar refractivity (Wildman–Crippen MR) is 83.8 cm³/mol. The molecule has 1 aliphatic rings. The molecule has 1 aromatic carbocycles. The maximum atomic E-state index is 6.13. The van der Waals surface area contributed by atoms with Crippen molar-refractivity contribution in [2.45, 2.75) is 13.3 Å². The number of fused-ring (bicyclic) bond motifs is 1. The molecule has 1 aliphatic heterocycles. The second-order valence-electron chi connectivity index (χ2n) is 4.49. The minimum atomic E-state index is 0. The van der Waals surface area contributed by atoms with Crippen LogP contribution >= 0.6 is 24.0 Å². The molecule has 0 unspecified atom stereocenters. The summed E-state index contributed by atoms with van der Waals surface area (Å²) in [6.07, 6.45) is 2.35. The van der Waals surface area contributed by atoms with Crippen molar-refractivity contribution in [3.63, 3.8) is 0 Å². The molecular formula is C14H15Cl2N3O2. The molecule has 0 bridgehead atoms. The fourth-order valence-electron chi connectivity index (χ4n) is 2.00. The van der Waals surface area contributed by atoms with E-state index in [0.29, 0.717) is 17.6 Å².